The number of hydrogen-bond acceptors (Lipinski definition) is 15. The van der Waals surface area contributed by atoms with E-state index in [9.17, 15) is 38.4 Å². The molecule has 0 spiro atoms. The summed E-state index contributed by atoms with van der Waals surface area (Å²) in [6, 6.07) is 15.3. The van der Waals surface area contributed by atoms with Gasteiger partial charge >= 0.3 is 30.5 Å². The monoisotopic (exact) mass is 946 g/mol. The number of nitrogens with zero attached hydrogens (tertiary/aromatic N) is 2. The van der Waals surface area contributed by atoms with Crippen molar-refractivity contribution in [2.45, 2.75) is 126 Å². The van der Waals surface area contributed by atoms with E-state index in [4.69, 9.17) is 33.2 Å². The van der Waals surface area contributed by atoms with Crippen LogP contribution < -0.4 is 9.47 Å². The predicted octanol–water partition coefficient (Wildman–Crippen LogP) is 10.2. The van der Waals surface area contributed by atoms with Crippen molar-refractivity contribution in [3.63, 3.8) is 0 Å². The summed E-state index contributed by atoms with van der Waals surface area (Å²) in [5.74, 6) is -0.469. The molecule has 0 N–H and O–H groups in total. The molecule has 4 rings (SSSR count). The molecule has 1 aliphatic rings. The number of ether oxygens (including phenoxy) is 7. The summed E-state index contributed by atoms with van der Waals surface area (Å²) in [7, 11) is 0. The molecule has 0 saturated heterocycles. The molecule has 0 unspecified atom stereocenters. The van der Waals surface area contributed by atoms with Crippen molar-refractivity contribution in [2.24, 2.45) is 0 Å². The summed E-state index contributed by atoms with van der Waals surface area (Å²) >= 11 is 0. The van der Waals surface area contributed by atoms with Crippen LogP contribution in [-0.4, -0.2) is 114 Å². The highest BCUT2D eigenvalue weighted by Crippen LogP contribution is 2.37. The van der Waals surface area contributed by atoms with Crippen LogP contribution in [0, 0.1) is 6.92 Å². The summed E-state index contributed by atoms with van der Waals surface area (Å²) in [5.41, 5.74) is -0.152. The quantitative estimate of drug-likeness (QED) is 0.0566. The van der Waals surface area contributed by atoms with Gasteiger partial charge in [0, 0.05) is 40.6 Å². The first-order valence-electron chi connectivity index (χ1n) is 22.4. The number of fused-ring (bicyclic) bond motifs is 2. The van der Waals surface area contributed by atoms with Crippen LogP contribution in [0.3, 0.4) is 0 Å². The summed E-state index contributed by atoms with van der Waals surface area (Å²) < 4.78 is 37.8. The lowest BCUT2D eigenvalue weighted by atomic mass is 9.90. The van der Waals surface area contributed by atoms with E-state index < -0.39 is 47.3 Å². The Bertz CT molecular complexity index is 2350. The number of carbonyl (C=O) groups excluding carboxylic acids is 8. The molecule has 370 valence electrons. The zero-order valence-electron chi connectivity index (χ0n) is 41.4. The highest BCUT2D eigenvalue weighted by atomic mass is 16.7. The largest absolute Gasteiger partial charge is 0.513 e. The van der Waals surface area contributed by atoms with E-state index in [-0.39, 0.29) is 68.2 Å². The number of amides is 2. The van der Waals surface area contributed by atoms with Gasteiger partial charge in [0.2, 0.25) is 0 Å². The Labute approximate surface area is 398 Å². The maximum atomic E-state index is 12.8. The predicted molar refractivity (Wildman–Crippen MR) is 252 cm³/mol. The number of aryl methyl sites for hydroxylation is 1. The van der Waals surface area contributed by atoms with E-state index in [1.807, 2.05) is 0 Å². The standard InChI is InChI=1S/C40H58N2O13.C11H8O2/c1-27-24-31(51-36(47)49-22-17-15-21-42(35(46)55-40(9,10)11)26-32(44)53-38(3,4)5)29-18-12-13-19-30(29)33(27)52-37(48)50-23-16-14-20-41(25-28(2)43)34(45)54-39(6,7)8;1-7-6-10(12)8-4-2-3-5-9(8)11(7)13/h12-13,18-19,24H,14-17,20-23,25-26H2,1-11H3;2-6H,1H3. The third-order valence-electron chi connectivity index (χ3n) is 9.21. The Balaban J connectivity index is 0.000000798. The summed E-state index contributed by atoms with van der Waals surface area (Å²) in [5, 5.41) is 0.974. The van der Waals surface area contributed by atoms with Gasteiger partial charge < -0.3 is 38.1 Å². The van der Waals surface area contributed by atoms with Gasteiger partial charge in [-0.15, -0.1) is 0 Å². The molecule has 17 heteroatoms. The first kappa shape index (κ1) is 55.5. The maximum absolute atomic E-state index is 12.8. The summed E-state index contributed by atoms with van der Waals surface area (Å²) in [6.07, 6.45) is -0.159. The maximum Gasteiger partial charge on any atom is 0.513 e. The lowest BCUT2D eigenvalue weighted by Crippen LogP contribution is -2.42. The topological polar surface area (TPSA) is 208 Å². The minimum Gasteiger partial charge on any atom is -0.459 e. The van der Waals surface area contributed by atoms with Crippen LogP contribution in [-0.2, 0) is 33.3 Å². The highest BCUT2D eigenvalue weighted by molar-refractivity contribution is 6.24. The van der Waals surface area contributed by atoms with Gasteiger partial charge in [0.05, 0.1) is 19.8 Å². The van der Waals surface area contributed by atoms with E-state index in [0.29, 0.717) is 58.7 Å². The van der Waals surface area contributed by atoms with Crippen LogP contribution in [0.4, 0.5) is 19.2 Å². The Morgan fingerprint density at radius 1 is 0.574 bits per heavy atom. The fourth-order valence-corrected chi connectivity index (χ4v) is 6.39. The molecule has 1 aliphatic carbocycles. The van der Waals surface area contributed by atoms with Crippen LogP contribution in [0.2, 0.25) is 0 Å². The first-order chi connectivity index (χ1) is 31.6. The average molecular weight is 947 g/mol. The second-order valence-corrected chi connectivity index (χ2v) is 19.0. The van der Waals surface area contributed by atoms with Gasteiger partial charge in [-0.05, 0) is 126 Å². The number of hydrogen-bond donors (Lipinski definition) is 0. The molecule has 0 radical (unpaired) electrons. The van der Waals surface area contributed by atoms with Crippen LogP contribution >= 0.6 is 0 Å². The number of unbranched alkanes of at least 4 members (excludes halogenated alkanes) is 2. The molecule has 0 atom stereocenters. The van der Waals surface area contributed by atoms with E-state index in [0.717, 1.165) is 0 Å². The van der Waals surface area contributed by atoms with E-state index >= 15 is 0 Å². The van der Waals surface area contributed by atoms with Gasteiger partial charge in [-0.1, -0.05) is 48.5 Å². The Morgan fingerprint density at radius 3 is 1.56 bits per heavy atom. The molecule has 2 amide bonds. The third-order valence-corrected chi connectivity index (χ3v) is 9.21. The van der Waals surface area contributed by atoms with Crippen LogP contribution in [0.5, 0.6) is 11.5 Å². The van der Waals surface area contributed by atoms with Crippen molar-refractivity contribution in [2.75, 3.05) is 39.4 Å². The zero-order valence-corrected chi connectivity index (χ0v) is 41.4. The molecule has 0 bridgehead atoms. The van der Waals surface area contributed by atoms with Gasteiger partial charge in [-0.25, -0.2) is 19.2 Å². The lowest BCUT2D eigenvalue weighted by Gasteiger charge is -2.28. The molecular formula is C51H66N2O15. The van der Waals surface area contributed by atoms with Gasteiger partial charge in [0.25, 0.3) is 0 Å². The molecule has 3 aromatic rings. The molecule has 0 heterocycles. The molecule has 68 heavy (non-hydrogen) atoms. The Hall–Kier alpha value is -6.78. The minimum absolute atomic E-state index is 0.00779. The number of carbonyl (C=O) groups is 8. The zero-order chi connectivity index (χ0) is 51.0. The van der Waals surface area contributed by atoms with Crippen molar-refractivity contribution in [3.8, 4) is 11.5 Å². The van der Waals surface area contributed by atoms with Gasteiger partial charge in [0.1, 0.15) is 40.6 Å². The molecular weight excluding hydrogens is 881 g/mol. The number of ketones is 3. The molecule has 0 fully saturated rings. The van der Waals surface area contributed by atoms with Crippen molar-refractivity contribution in [1.82, 2.24) is 9.80 Å². The number of benzene rings is 3. The molecule has 0 aliphatic heterocycles. The summed E-state index contributed by atoms with van der Waals surface area (Å²) in [4.78, 5) is 100. The fourth-order valence-electron chi connectivity index (χ4n) is 6.39. The second-order valence-electron chi connectivity index (χ2n) is 19.0. The average Bonchev–Trinajstić information content (AvgIpc) is 3.21. The van der Waals surface area contributed by atoms with E-state index in [1.54, 1.807) is 131 Å². The van der Waals surface area contributed by atoms with Crippen LogP contribution in [0.1, 0.15) is 128 Å². The smallest absolute Gasteiger partial charge is 0.459 e. The molecule has 3 aromatic carbocycles. The van der Waals surface area contributed by atoms with Crippen molar-refractivity contribution < 1.29 is 71.5 Å². The van der Waals surface area contributed by atoms with Crippen molar-refractivity contribution in [1.29, 1.82) is 0 Å². The lowest BCUT2D eigenvalue weighted by molar-refractivity contribution is -0.156. The van der Waals surface area contributed by atoms with E-state index in [2.05, 4.69) is 0 Å². The van der Waals surface area contributed by atoms with E-state index in [1.165, 1.54) is 22.8 Å². The van der Waals surface area contributed by atoms with Gasteiger partial charge in [-0.3, -0.25) is 24.1 Å². The first-order valence-corrected chi connectivity index (χ1v) is 22.4. The van der Waals surface area contributed by atoms with Gasteiger partial charge in [-0.2, -0.15) is 0 Å². The Kier molecular flexibility index (Phi) is 20.3. The Morgan fingerprint density at radius 2 is 1.04 bits per heavy atom. The van der Waals surface area contributed by atoms with Crippen LogP contribution in [0.15, 0.2) is 66.2 Å². The molecule has 0 aromatic heterocycles. The summed E-state index contributed by atoms with van der Waals surface area (Å²) in [6.45, 7) is 20.3. The minimum atomic E-state index is -0.955. The van der Waals surface area contributed by atoms with Crippen LogP contribution in [0.25, 0.3) is 10.8 Å². The SMILES string of the molecule is CC(=O)CN(CCCCOC(=O)Oc1c(C)cc(OC(=O)OCCCCN(CC(=O)OC(C)(C)C)C(=O)OC(C)(C)C)c2ccccc12)C(=O)OC(C)(C)C.CC1=CC(=O)c2ccccc2C1=O. The number of rotatable bonds is 16. The number of esters is 1. The van der Waals surface area contributed by atoms with Gasteiger partial charge in [0.15, 0.2) is 11.6 Å². The van der Waals surface area contributed by atoms with Crippen molar-refractivity contribution in [3.05, 3.63) is 82.9 Å². The fraction of sp³-hybridized carbons (Fsp3) is 0.490. The normalized spacial score (nSPS) is 12.3. The molecule has 0 saturated carbocycles. The number of allylic oxidation sites excluding steroid dienone is 2. The number of Topliss-reactive ketones (excluding diaryl/α,β-unsaturated/α-hetero) is 2. The second kappa shape index (κ2) is 24.8. The third kappa shape index (κ3) is 19.2. The highest BCUT2D eigenvalue weighted by Gasteiger charge is 2.27. The molecule has 17 nitrogen and oxygen atoms in total. The van der Waals surface area contributed by atoms with Crippen molar-refractivity contribution >= 4 is 58.6 Å².